The van der Waals surface area contributed by atoms with Gasteiger partial charge in [0.1, 0.15) is 171 Å². The molecule has 0 spiro atoms. The summed E-state index contributed by atoms with van der Waals surface area (Å²) in [6.07, 6.45) is -56.5. The van der Waals surface area contributed by atoms with E-state index in [1.54, 1.807) is 0 Å². The summed E-state index contributed by atoms with van der Waals surface area (Å²) in [5.74, 6) is -13.8. The van der Waals surface area contributed by atoms with Crippen LogP contribution in [0.5, 0.6) is 0 Å². The molecule has 28 atom stereocenters. The first-order chi connectivity index (χ1) is 41.4. The van der Waals surface area contributed by atoms with Crippen molar-refractivity contribution in [2.45, 2.75) is 171 Å². The lowest BCUT2D eigenvalue weighted by atomic mass is 10.0. The van der Waals surface area contributed by atoms with Gasteiger partial charge in [-0.05, 0) is 0 Å². The topological polar surface area (TPSA) is 1240 Å². The molecule has 602 valence electrons. The second kappa shape index (κ2) is 66.2. The van der Waals surface area contributed by atoms with Crippen LogP contribution in [0.25, 0.3) is 0 Å². The van der Waals surface area contributed by atoms with Gasteiger partial charge >= 0.3 is 0 Å². The minimum absolute atomic E-state index is 0. The summed E-state index contributed by atoms with van der Waals surface area (Å²) in [6.45, 7) is -6.04. The van der Waals surface area contributed by atoms with E-state index in [1.165, 1.54) is 0 Å². The van der Waals surface area contributed by atoms with Crippen LogP contribution in [0.2, 0.25) is 0 Å². The van der Waals surface area contributed by atoms with Crippen LogP contribution in [0.15, 0.2) is 0 Å². The lowest BCUT2D eigenvalue weighted by Gasteiger charge is -2.25. The molecule has 63 N–H and O–H groups in total. The fourth-order valence-electron chi connectivity index (χ4n) is 4.63. The summed E-state index contributed by atoms with van der Waals surface area (Å²) in [5.41, 5.74) is 0. The smallest absolute Gasteiger partial charge is 0.122 e. The maximum Gasteiger partial charge on any atom is 0.122 e. The maximum absolute atomic E-state index is 9.98. The standard InChI is InChI=1S/7C6H12O7.7H3N/c7*7-1-2(8)3(9)4(10)5(11)6(12)13;;;;;;;/h7*2-5,7-11H,1H2,(H,12,13);7*1H3. The Labute approximate surface area is 549 Å². The molecule has 56 heteroatoms. The molecule has 0 aliphatic carbocycles. The molecule has 0 radical (unpaired) electrons. The molecule has 0 fully saturated rings. The first-order valence-corrected chi connectivity index (χ1v) is 24.2. The molecule has 0 aliphatic rings. The summed E-state index contributed by atoms with van der Waals surface area (Å²) < 4.78 is 0. The molecular weight excluding hydrogens is 1390 g/mol. The van der Waals surface area contributed by atoms with Crippen molar-refractivity contribution in [1.82, 2.24) is 43.1 Å². The van der Waals surface area contributed by atoms with Crippen LogP contribution in [0.4, 0.5) is 0 Å². The lowest BCUT2D eigenvalue weighted by Crippen LogP contribution is -2.52. The fourth-order valence-corrected chi connectivity index (χ4v) is 4.63. The van der Waals surface area contributed by atoms with Gasteiger partial charge < -0.3 is 291 Å². The minimum atomic E-state index is -2.31. The van der Waals surface area contributed by atoms with Crippen LogP contribution in [0.3, 0.4) is 0 Å². The van der Waals surface area contributed by atoms with Crippen LogP contribution < -0.4 is 78.8 Å². The zero-order chi connectivity index (χ0) is 74.2. The van der Waals surface area contributed by atoms with E-state index in [4.69, 9.17) is 179 Å². The van der Waals surface area contributed by atoms with E-state index < -0.39 is 259 Å². The van der Waals surface area contributed by atoms with Crippen molar-refractivity contribution in [3.63, 3.8) is 0 Å². The fraction of sp³-hybridized carbons (Fsp3) is 0.833. The van der Waals surface area contributed by atoms with Crippen LogP contribution in [0.1, 0.15) is 0 Å². The Morgan fingerprint density at radius 1 is 0.163 bits per heavy atom. The van der Waals surface area contributed by atoms with E-state index in [0.717, 1.165) is 0 Å². The average molecular weight is 1490 g/mol. The third-order valence-electron chi connectivity index (χ3n) is 10.5. The van der Waals surface area contributed by atoms with Crippen molar-refractivity contribution in [2.75, 3.05) is 46.2 Å². The molecule has 28 unspecified atom stereocenters. The highest BCUT2D eigenvalue weighted by Crippen LogP contribution is 2.10. The van der Waals surface area contributed by atoms with Gasteiger partial charge in [0.2, 0.25) is 0 Å². The van der Waals surface area contributed by atoms with Crippen LogP contribution in [-0.2, 0) is 33.6 Å². The number of carboxylic acid groups (broad SMARTS) is 7. The molecule has 0 aliphatic heterocycles. The highest BCUT2D eigenvalue weighted by Gasteiger charge is 2.36. The number of hydrogen-bond acceptors (Lipinski definition) is 49. The monoisotopic (exact) mass is 1490 g/mol. The van der Waals surface area contributed by atoms with Crippen LogP contribution in [0, 0.1) is 0 Å². The number of quaternary nitrogens is 7. The molecule has 0 saturated carbocycles. The average Bonchev–Trinajstić information content (AvgIpc) is 3.53. The number of aliphatic hydroxyl groups excluding tert-OH is 35. The van der Waals surface area contributed by atoms with Crippen molar-refractivity contribution >= 4 is 41.8 Å². The molecule has 0 rings (SSSR count). The van der Waals surface area contributed by atoms with Gasteiger partial charge in [-0.1, -0.05) is 0 Å². The van der Waals surface area contributed by atoms with Gasteiger partial charge in [0.15, 0.2) is 0 Å². The highest BCUT2D eigenvalue weighted by atomic mass is 16.5. The molecule has 0 saturated heterocycles. The predicted octanol–water partition coefficient (Wildman–Crippen LogP) is -31.2. The van der Waals surface area contributed by atoms with Gasteiger partial charge in [0, 0.05) is 0 Å². The third kappa shape index (κ3) is 50.0. The summed E-state index contributed by atoms with van der Waals surface area (Å²) in [6, 6.07) is 0. The van der Waals surface area contributed by atoms with Crippen molar-refractivity contribution < 1.29 is 248 Å². The van der Waals surface area contributed by atoms with E-state index in [9.17, 15) is 69.3 Å². The van der Waals surface area contributed by atoms with Gasteiger partial charge in [0.25, 0.3) is 0 Å². The van der Waals surface area contributed by atoms with Crippen molar-refractivity contribution in [1.29, 1.82) is 0 Å². The van der Waals surface area contributed by atoms with Gasteiger partial charge in [-0.15, -0.1) is 0 Å². The molecule has 0 aromatic carbocycles. The van der Waals surface area contributed by atoms with E-state index in [0.29, 0.717) is 0 Å². The minimum Gasteiger partial charge on any atom is -0.547 e. The normalized spacial score (nSPS) is 18.9. The van der Waals surface area contributed by atoms with Gasteiger partial charge in [0.05, 0.1) is 88.0 Å². The molecule has 0 amide bonds. The summed E-state index contributed by atoms with van der Waals surface area (Å²) in [5, 5.41) is 374. The van der Waals surface area contributed by atoms with Gasteiger partial charge in [-0.2, -0.15) is 0 Å². The van der Waals surface area contributed by atoms with Crippen molar-refractivity contribution in [2.24, 2.45) is 0 Å². The number of carbonyl (C=O) groups excluding carboxylic acids is 7. The van der Waals surface area contributed by atoms with E-state index in [1.807, 2.05) is 0 Å². The van der Waals surface area contributed by atoms with E-state index >= 15 is 0 Å². The molecular formula is C42H105N7O49. The maximum atomic E-state index is 9.98. The molecule has 0 bridgehead atoms. The Balaban J connectivity index is -0.0000000692. The molecule has 0 aromatic rings. The lowest BCUT2D eigenvalue weighted by molar-refractivity contribution is -0.321. The zero-order valence-electron chi connectivity index (χ0n) is 53.0. The SMILES string of the molecule is O=C([O-])C(O)C(O)C(O)C(O)CO.O=C([O-])C(O)C(O)C(O)C(O)CO.O=C([O-])C(O)C(O)C(O)C(O)CO.O=C([O-])C(O)C(O)C(O)C(O)CO.O=C([O-])C(O)C(O)C(O)C(O)CO.O=C([O-])C(O)C(O)C(O)C(O)CO.O=C([O-])C(O)C(O)C(O)C(O)CO.[NH4+].[NH4+].[NH4+].[NH4+].[NH4+].[NH4+].[NH4+]. The first kappa shape index (κ1) is 126. The molecule has 0 aromatic heterocycles. The first-order valence-electron chi connectivity index (χ1n) is 24.2. The number of carbonyl (C=O) groups is 7. The summed E-state index contributed by atoms with van der Waals surface area (Å²) in [7, 11) is 0. The summed E-state index contributed by atoms with van der Waals surface area (Å²) in [4.78, 5) is 69.9. The highest BCUT2D eigenvalue weighted by molar-refractivity contribution is 5.72. The van der Waals surface area contributed by atoms with Gasteiger partial charge in [-0.3, -0.25) is 0 Å². The Morgan fingerprint density at radius 2 is 0.224 bits per heavy atom. The second-order valence-corrected chi connectivity index (χ2v) is 17.5. The zero-order valence-corrected chi connectivity index (χ0v) is 53.0. The number of carboxylic acids is 7. The Hall–Kier alpha value is -5.39. The molecule has 0 heterocycles. The third-order valence-corrected chi connectivity index (χ3v) is 10.5. The number of rotatable bonds is 35. The predicted molar refractivity (Wildman–Crippen MR) is 295 cm³/mol. The van der Waals surface area contributed by atoms with Crippen molar-refractivity contribution in [3.05, 3.63) is 0 Å². The summed E-state index contributed by atoms with van der Waals surface area (Å²) >= 11 is 0. The quantitative estimate of drug-likeness (QED) is 0.0280. The number of aliphatic carboxylic acids is 7. The van der Waals surface area contributed by atoms with E-state index in [2.05, 4.69) is 0 Å². The van der Waals surface area contributed by atoms with Gasteiger partial charge in [-0.25, -0.2) is 0 Å². The second-order valence-electron chi connectivity index (χ2n) is 17.5. The molecule has 56 nitrogen and oxygen atoms in total. The van der Waals surface area contributed by atoms with Crippen molar-refractivity contribution in [3.8, 4) is 0 Å². The Kier molecular flexibility index (Phi) is 84.9. The Bertz CT molecular complexity index is 1600. The van der Waals surface area contributed by atoms with E-state index in [-0.39, 0.29) is 43.1 Å². The number of aliphatic hydroxyl groups is 35. The van der Waals surface area contributed by atoms with Crippen LogP contribution >= 0.6 is 0 Å². The number of hydrogen-bond donors (Lipinski definition) is 42. The molecule has 98 heavy (non-hydrogen) atoms. The largest absolute Gasteiger partial charge is 0.547 e. The van der Waals surface area contributed by atoms with Crippen LogP contribution in [-0.4, -0.2) is 438 Å². The Morgan fingerprint density at radius 3 is 0.265 bits per heavy atom.